The number of hydrogen-bond acceptors (Lipinski definition) is 4. The number of primary amides is 1. The van der Waals surface area contributed by atoms with Gasteiger partial charge in [0, 0.05) is 12.2 Å². The third kappa shape index (κ3) is 25.6. The van der Waals surface area contributed by atoms with E-state index in [0.29, 0.717) is 6.61 Å². The quantitative estimate of drug-likeness (QED) is 0.474. The molecule has 0 saturated heterocycles. The van der Waals surface area contributed by atoms with Gasteiger partial charge in [0.05, 0.1) is 12.7 Å². The Morgan fingerprint density at radius 3 is 2.31 bits per heavy atom. The van der Waals surface area contributed by atoms with Gasteiger partial charge < -0.3 is 15.6 Å². The molecule has 0 unspecified atom stereocenters. The molecule has 1 amide bonds. The zero-order valence-corrected chi connectivity index (χ0v) is 7.06. The normalized spacial score (nSPS) is 8.00. The Hall–Kier alpha value is -2.03. The first-order valence-electron chi connectivity index (χ1n) is 3.25. The van der Waals surface area contributed by atoms with Crippen molar-refractivity contribution in [2.45, 2.75) is 6.92 Å². The Bertz CT molecular complexity index is 229. The summed E-state index contributed by atoms with van der Waals surface area (Å²) < 4.78 is 4.18. The molecule has 0 aliphatic heterocycles. The third-order valence-electron chi connectivity index (χ3n) is 0.587. The van der Waals surface area contributed by atoms with Crippen LogP contribution in [0.3, 0.4) is 0 Å². The minimum absolute atomic E-state index is 0.356. The lowest BCUT2D eigenvalue weighted by molar-refractivity contribution is -0.131. The third-order valence-corrected chi connectivity index (χ3v) is 0.587. The van der Waals surface area contributed by atoms with Gasteiger partial charge >= 0.3 is 12.1 Å². The van der Waals surface area contributed by atoms with Crippen LogP contribution < -0.4 is 5.73 Å². The molecule has 0 aliphatic rings. The second kappa shape index (κ2) is 9.97. The van der Waals surface area contributed by atoms with Gasteiger partial charge in [-0.05, 0) is 6.92 Å². The Balaban J connectivity index is 0. The number of hydrogen-bond donors (Lipinski definition) is 2. The Morgan fingerprint density at radius 2 is 2.23 bits per heavy atom. The van der Waals surface area contributed by atoms with Crippen molar-refractivity contribution in [2.75, 3.05) is 6.61 Å². The minimum atomic E-state index is -1.10. The van der Waals surface area contributed by atoms with E-state index in [9.17, 15) is 9.59 Å². The van der Waals surface area contributed by atoms with Crippen molar-refractivity contribution in [1.29, 1.82) is 5.26 Å². The first-order valence-corrected chi connectivity index (χ1v) is 3.25. The van der Waals surface area contributed by atoms with E-state index in [4.69, 9.17) is 10.4 Å². The van der Waals surface area contributed by atoms with E-state index in [0.717, 1.165) is 12.2 Å². The molecular weight excluding hydrogens is 176 g/mol. The lowest BCUT2D eigenvalue weighted by Crippen LogP contribution is -2.11. The van der Waals surface area contributed by atoms with Crippen LogP contribution in [0.25, 0.3) is 0 Å². The van der Waals surface area contributed by atoms with E-state index in [1.54, 1.807) is 6.92 Å². The van der Waals surface area contributed by atoms with Gasteiger partial charge in [-0.3, -0.25) is 0 Å². The van der Waals surface area contributed by atoms with E-state index in [1.807, 2.05) is 0 Å². The summed E-state index contributed by atoms with van der Waals surface area (Å²) in [5.41, 5.74) is 4.54. The maximum Gasteiger partial charge on any atom is 0.404 e. The van der Waals surface area contributed by atoms with Crippen LogP contribution in [0, 0.1) is 11.3 Å². The molecule has 0 atom stereocenters. The zero-order valence-electron chi connectivity index (χ0n) is 7.06. The molecule has 0 fully saturated rings. The van der Waals surface area contributed by atoms with Crippen molar-refractivity contribution in [3.63, 3.8) is 0 Å². The molecule has 72 valence electrons. The number of rotatable bonds is 2. The first-order chi connectivity index (χ1) is 6.04. The van der Waals surface area contributed by atoms with Crippen LogP contribution in [0.4, 0.5) is 4.79 Å². The molecule has 0 aromatic heterocycles. The van der Waals surface area contributed by atoms with Crippen molar-refractivity contribution in [1.82, 2.24) is 0 Å². The topological polar surface area (TPSA) is 113 Å². The average Bonchev–Trinajstić information content (AvgIpc) is 2.01. The highest BCUT2D eigenvalue weighted by molar-refractivity contribution is 5.80. The number of nitrogens with two attached hydrogens (primary N) is 1. The maximum atomic E-state index is 9.60. The average molecular weight is 186 g/mol. The van der Waals surface area contributed by atoms with Crippen molar-refractivity contribution < 1.29 is 19.4 Å². The number of carbonyl (C=O) groups excluding carboxylic acids is 1. The molecule has 6 heteroatoms. The first kappa shape index (κ1) is 13.6. The van der Waals surface area contributed by atoms with Crippen molar-refractivity contribution in [3.8, 4) is 6.07 Å². The Labute approximate surface area is 75.2 Å². The van der Waals surface area contributed by atoms with E-state index in [1.165, 1.54) is 6.07 Å². The van der Waals surface area contributed by atoms with Crippen LogP contribution >= 0.6 is 0 Å². The molecule has 0 aromatic rings. The van der Waals surface area contributed by atoms with Gasteiger partial charge in [-0.25, -0.2) is 9.59 Å². The van der Waals surface area contributed by atoms with Crippen LogP contribution in [0.5, 0.6) is 0 Å². The lowest BCUT2D eigenvalue weighted by Gasteiger charge is -1.89. The fourth-order valence-corrected chi connectivity index (χ4v) is 0.251. The zero-order chi connectivity index (χ0) is 10.7. The van der Waals surface area contributed by atoms with Gasteiger partial charge in [-0.1, -0.05) is 0 Å². The minimum Gasteiger partial charge on any atom is -0.478 e. The molecule has 0 heterocycles. The Kier molecular flexibility index (Phi) is 10.4. The summed E-state index contributed by atoms with van der Waals surface area (Å²) in [7, 11) is 0. The smallest absolute Gasteiger partial charge is 0.404 e. The molecule has 3 N–H and O–H groups in total. The van der Waals surface area contributed by atoms with Crippen molar-refractivity contribution >= 4 is 12.1 Å². The lowest BCUT2D eigenvalue weighted by atomic mass is 10.5. The second-order valence-corrected chi connectivity index (χ2v) is 1.55. The van der Waals surface area contributed by atoms with Crippen LogP contribution in [-0.4, -0.2) is 23.8 Å². The highest BCUT2D eigenvalue weighted by Gasteiger charge is 1.82. The highest BCUT2D eigenvalue weighted by atomic mass is 16.5. The molecule has 0 radical (unpaired) electrons. The van der Waals surface area contributed by atoms with Crippen LogP contribution in [0.1, 0.15) is 6.92 Å². The summed E-state index contributed by atoms with van der Waals surface area (Å²) in [6, 6.07) is 1.54. The molecule has 0 saturated carbocycles. The molecule has 0 bridgehead atoms. The maximum absolute atomic E-state index is 9.60. The highest BCUT2D eigenvalue weighted by Crippen LogP contribution is 1.66. The number of nitrogens with zero attached hydrogens (tertiary/aromatic N) is 1. The summed E-state index contributed by atoms with van der Waals surface area (Å²) in [6.45, 7) is 2.06. The molecule has 0 spiro atoms. The largest absolute Gasteiger partial charge is 0.478 e. The van der Waals surface area contributed by atoms with Crippen LogP contribution in [0.2, 0.25) is 0 Å². The summed E-state index contributed by atoms with van der Waals surface area (Å²) in [4.78, 5) is 19.1. The predicted molar refractivity (Wildman–Crippen MR) is 43.6 cm³/mol. The number of allylic oxidation sites excluding steroid dienone is 1. The number of aliphatic carboxylic acids is 1. The fraction of sp³-hybridized carbons (Fsp3) is 0.286. The number of carboxylic acid groups (broad SMARTS) is 1. The monoisotopic (exact) mass is 186 g/mol. The Morgan fingerprint density at radius 1 is 1.69 bits per heavy atom. The van der Waals surface area contributed by atoms with Crippen molar-refractivity contribution in [2.24, 2.45) is 5.73 Å². The number of carboxylic acids is 1. The summed E-state index contributed by atoms with van der Waals surface area (Å²) in [5, 5.41) is 15.5. The van der Waals surface area contributed by atoms with E-state index >= 15 is 0 Å². The number of amides is 1. The van der Waals surface area contributed by atoms with Gasteiger partial charge in [0.25, 0.3) is 0 Å². The standard InChI is InChI=1S/C4H3NO2.C3H7NO2/c5-3-1-2-4(6)7;1-2-6-3(4)5/h1-2H,(H,6,7);2H2,1H3,(H2,4,5). The van der Waals surface area contributed by atoms with Gasteiger partial charge in [0.15, 0.2) is 0 Å². The van der Waals surface area contributed by atoms with E-state index in [-0.39, 0.29) is 0 Å². The fourth-order valence-electron chi connectivity index (χ4n) is 0.251. The molecule has 0 aromatic carbocycles. The SMILES string of the molecule is CCOC(N)=O.N#CC=CC(=O)O. The molecule has 6 nitrogen and oxygen atoms in total. The predicted octanol–water partition coefficient (Wildman–Crippen LogP) is 0.252. The van der Waals surface area contributed by atoms with E-state index < -0.39 is 12.1 Å². The van der Waals surface area contributed by atoms with Crippen molar-refractivity contribution in [3.05, 3.63) is 12.2 Å². The van der Waals surface area contributed by atoms with E-state index in [2.05, 4.69) is 10.5 Å². The summed E-state index contributed by atoms with van der Waals surface area (Å²) in [6.07, 6.45) is 0.972. The van der Waals surface area contributed by atoms with Gasteiger partial charge in [-0.15, -0.1) is 0 Å². The molecule has 0 aliphatic carbocycles. The molecular formula is C7H10N2O4. The van der Waals surface area contributed by atoms with Gasteiger partial charge in [0.1, 0.15) is 0 Å². The van der Waals surface area contributed by atoms with Crippen LogP contribution in [0.15, 0.2) is 12.2 Å². The molecule has 0 rings (SSSR count). The van der Waals surface area contributed by atoms with Gasteiger partial charge in [0.2, 0.25) is 0 Å². The number of carbonyl (C=O) groups is 2. The molecule has 13 heavy (non-hydrogen) atoms. The number of ether oxygens (including phenoxy) is 1. The summed E-state index contributed by atoms with van der Waals surface area (Å²) in [5.74, 6) is -1.10. The summed E-state index contributed by atoms with van der Waals surface area (Å²) >= 11 is 0. The van der Waals surface area contributed by atoms with Gasteiger partial charge in [-0.2, -0.15) is 5.26 Å². The van der Waals surface area contributed by atoms with Crippen LogP contribution in [-0.2, 0) is 9.53 Å². The second-order valence-electron chi connectivity index (χ2n) is 1.55. The number of nitriles is 1.